The second-order valence-electron chi connectivity index (χ2n) is 4.87. The van der Waals surface area contributed by atoms with Gasteiger partial charge in [-0.2, -0.15) is 5.11 Å². The predicted molar refractivity (Wildman–Crippen MR) is 84.4 cm³/mol. The van der Waals surface area contributed by atoms with E-state index in [1.54, 1.807) is 19.2 Å². The van der Waals surface area contributed by atoms with Gasteiger partial charge in [-0.15, -0.1) is 0 Å². The summed E-state index contributed by atoms with van der Waals surface area (Å²) in [7, 11) is 1.57. The van der Waals surface area contributed by atoms with Gasteiger partial charge in [-0.3, -0.25) is 0 Å². The smallest absolute Gasteiger partial charge is 0.359 e. The lowest BCUT2D eigenvalue weighted by atomic mass is 10.1. The molecule has 0 aromatic heterocycles. The van der Waals surface area contributed by atoms with Crippen LogP contribution in [0.25, 0.3) is 0 Å². The third-order valence-electron chi connectivity index (χ3n) is 3.12. The Morgan fingerprint density at radius 2 is 2.00 bits per heavy atom. The Bertz CT molecular complexity index is 531. The van der Waals surface area contributed by atoms with Crippen molar-refractivity contribution in [3.63, 3.8) is 0 Å². The van der Waals surface area contributed by atoms with Crippen LogP contribution in [0.1, 0.15) is 24.8 Å². The van der Waals surface area contributed by atoms with Crippen LogP contribution >= 0.6 is 0 Å². The van der Waals surface area contributed by atoms with Crippen LogP contribution < -0.4 is 15.8 Å². The molecule has 0 unspecified atom stereocenters. The first-order chi connectivity index (χ1) is 11.1. The molecule has 1 atom stereocenters. The van der Waals surface area contributed by atoms with E-state index in [2.05, 4.69) is 15.5 Å². The maximum Gasteiger partial charge on any atom is 0.359 e. The molecule has 0 spiro atoms. The Labute approximate surface area is 134 Å². The number of nitrogens with two attached hydrogens (primary N) is 1. The van der Waals surface area contributed by atoms with Gasteiger partial charge in [0.1, 0.15) is 11.8 Å². The summed E-state index contributed by atoms with van der Waals surface area (Å²) in [5.74, 6) is -0.370. The summed E-state index contributed by atoms with van der Waals surface area (Å²) >= 11 is 0. The van der Waals surface area contributed by atoms with Crippen molar-refractivity contribution in [1.29, 1.82) is 0 Å². The predicted octanol–water partition coefficient (Wildman–Crippen LogP) is 1.94. The highest BCUT2D eigenvalue weighted by Crippen LogP contribution is 2.12. The number of carboxylic acids is 1. The van der Waals surface area contributed by atoms with Crippen molar-refractivity contribution in [2.75, 3.05) is 13.7 Å². The lowest BCUT2D eigenvalue weighted by Crippen LogP contribution is -2.39. The summed E-state index contributed by atoms with van der Waals surface area (Å²) in [6.07, 6.45) is 1.64. The van der Waals surface area contributed by atoms with E-state index in [9.17, 15) is 9.59 Å². The fourth-order valence-corrected chi connectivity index (χ4v) is 1.84. The van der Waals surface area contributed by atoms with Crippen LogP contribution in [0, 0.1) is 0 Å². The van der Waals surface area contributed by atoms with Crippen molar-refractivity contribution in [2.24, 2.45) is 16.0 Å². The van der Waals surface area contributed by atoms with E-state index in [4.69, 9.17) is 15.6 Å². The van der Waals surface area contributed by atoms with Gasteiger partial charge >= 0.3 is 12.0 Å². The average Bonchev–Trinajstić information content (AvgIpc) is 2.54. The van der Waals surface area contributed by atoms with Crippen molar-refractivity contribution in [3.8, 4) is 5.75 Å². The number of rotatable bonds is 9. The SMILES string of the molecule is COc1ccc(CN=NC(=O)N[C@@H](CCCCN)C(=O)O)cc1. The van der Waals surface area contributed by atoms with E-state index >= 15 is 0 Å². The summed E-state index contributed by atoms with van der Waals surface area (Å²) in [6, 6.07) is 5.43. The first-order valence-electron chi connectivity index (χ1n) is 7.30. The molecule has 1 aromatic rings. The molecule has 4 N–H and O–H groups in total. The number of nitrogens with one attached hydrogen (secondary N) is 1. The van der Waals surface area contributed by atoms with Gasteiger partial charge in [-0.1, -0.05) is 17.2 Å². The lowest BCUT2D eigenvalue weighted by molar-refractivity contribution is -0.139. The Kier molecular flexibility index (Phi) is 8.30. The molecular formula is C15H22N4O4. The van der Waals surface area contributed by atoms with Gasteiger partial charge in [0.25, 0.3) is 0 Å². The molecule has 0 heterocycles. The van der Waals surface area contributed by atoms with Crippen molar-refractivity contribution in [3.05, 3.63) is 29.8 Å². The van der Waals surface area contributed by atoms with Gasteiger partial charge in [-0.25, -0.2) is 9.59 Å². The molecule has 0 bridgehead atoms. The van der Waals surface area contributed by atoms with E-state index in [0.29, 0.717) is 25.8 Å². The number of hydrogen-bond donors (Lipinski definition) is 3. The molecule has 0 fully saturated rings. The van der Waals surface area contributed by atoms with Crippen molar-refractivity contribution < 1.29 is 19.4 Å². The minimum atomic E-state index is -1.10. The number of carbonyl (C=O) groups excluding carboxylic acids is 1. The zero-order chi connectivity index (χ0) is 17.1. The normalized spacial score (nSPS) is 12.1. The maximum absolute atomic E-state index is 11.6. The van der Waals surface area contributed by atoms with Crippen molar-refractivity contribution >= 4 is 12.0 Å². The van der Waals surface area contributed by atoms with Crippen LogP contribution in [-0.2, 0) is 11.3 Å². The minimum Gasteiger partial charge on any atom is -0.497 e. The average molecular weight is 322 g/mol. The number of nitrogens with zero attached hydrogens (tertiary/aromatic N) is 2. The second-order valence-corrected chi connectivity index (χ2v) is 4.87. The van der Waals surface area contributed by atoms with E-state index in [1.807, 2.05) is 12.1 Å². The third-order valence-corrected chi connectivity index (χ3v) is 3.12. The number of methoxy groups -OCH3 is 1. The van der Waals surface area contributed by atoms with Gasteiger partial charge in [0.05, 0.1) is 13.7 Å². The number of benzene rings is 1. The van der Waals surface area contributed by atoms with Crippen LogP contribution in [0.15, 0.2) is 34.5 Å². The zero-order valence-corrected chi connectivity index (χ0v) is 13.1. The summed E-state index contributed by atoms with van der Waals surface area (Å²) in [5, 5.41) is 18.6. The number of unbranched alkanes of at least 4 members (excludes halogenated alkanes) is 1. The van der Waals surface area contributed by atoms with Gasteiger partial charge in [0, 0.05) is 0 Å². The number of ether oxygens (including phenoxy) is 1. The molecule has 1 rings (SSSR count). The number of azo groups is 1. The quantitative estimate of drug-likeness (QED) is 0.473. The number of hydrogen-bond acceptors (Lipinski definition) is 5. The lowest BCUT2D eigenvalue weighted by Gasteiger charge is -2.11. The van der Waals surface area contributed by atoms with E-state index in [0.717, 1.165) is 11.3 Å². The Morgan fingerprint density at radius 1 is 1.30 bits per heavy atom. The number of carboxylic acid groups (broad SMARTS) is 1. The highest BCUT2D eigenvalue weighted by molar-refractivity contribution is 5.82. The van der Waals surface area contributed by atoms with Crippen LogP contribution in [0.2, 0.25) is 0 Å². The number of urea groups is 1. The fourth-order valence-electron chi connectivity index (χ4n) is 1.84. The Balaban J connectivity index is 2.44. The molecule has 0 aliphatic rings. The topological polar surface area (TPSA) is 126 Å². The van der Waals surface area contributed by atoms with Crippen molar-refractivity contribution in [1.82, 2.24) is 5.32 Å². The third kappa shape index (κ3) is 7.37. The van der Waals surface area contributed by atoms with E-state index < -0.39 is 18.0 Å². The van der Waals surface area contributed by atoms with Crippen LogP contribution in [-0.4, -0.2) is 36.8 Å². The molecule has 1 aromatic carbocycles. The summed E-state index contributed by atoms with van der Waals surface area (Å²) < 4.78 is 5.04. The molecule has 23 heavy (non-hydrogen) atoms. The molecule has 2 amide bonds. The molecule has 8 nitrogen and oxygen atoms in total. The molecule has 0 saturated carbocycles. The molecule has 0 aliphatic heterocycles. The van der Waals surface area contributed by atoms with Crippen LogP contribution in [0.4, 0.5) is 4.79 Å². The fraction of sp³-hybridized carbons (Fsp3) is 0.467. The molecule has 0 saturated heterocycles. The van der Waals surface area contributed by atoms with Gasteiger partial charge < -0.3 is 20.9 Å². The molecule has 0 aliphatic carbocycles. The van der Waals surface area contributed by atoms with Crippen LogP contribution in [0.5, 0.6) is 5.75 Å². The number of amides is 2. The van der Waals surface area contributed by atoms with E-state index in [-0.39, 0.29) is 6.54 Å². The molecule has 8 heteroatoms. The minimum absolute atomic E-state index is 0.225. The summed E-state index contributed by atoms with van der Waals surface area (Å²) in [5.41, 5.74) is 6.22. The second kappa shape index (κ2) is 10.3. The Morgan fingerprint density at radius 3 is 2.57 bits per heavy atom. The summed E-state index contributed by atoms with van der Waals surface area (Å²) in [4.78, 5) is 22.7. The number of carbonyl (C=O) groups is 2. The molecule has 126 valence electrons. The summed E-state index contributed by atoms with van der Waals surface area (Å²) in [6.45, 7) is 0.712. The van der Waals surface area contributed by atoms with Gasteiger partial charge in [0.15, 0.2) is 0 Å². The zero-order valence-electron chi connectivity index (χ0n) is 13.1. The molecular weight excluding hydrogens is 300 g/mol. The van der Waals surface area contributed by atoms with E-state index in [1.165, 1.54) is 0 Å². The monoisotopic (exact) mass is 322 g/mol. The van der Waals surface area contributed by atoms with Gasteiger partial charge in [-0.05, 0) is 43.5 Å². The highest BCUT2D eigenvalue weighted by atomic mass is 16.5. The largest absolute Gasteiger partial charge is 0.497 e. The van der Waals surface area contributed by atoms with Gasteiger partial charge in [0.2, 0.25) is 0 Å². The first-order valence-corrected chi connectivity index (χ1v) is 7.30. The highest BCUT2D eigenvalue weighted by Gasteiger charge is 2.18. The maximum atomic E-state index is 11.6. The first kappa shape index (κ1) is 18.6. The van der Waals surface area contributed by atoms with Crippen molar-refractivity contribution in [2.45, 2.75) is 31.8 Å². The standard InChI is InChI=1S/C15H22N4O4/c1-23-12-7-5-11(6-8-12)10-17-19-15(22)18-13(14(20)21)4-2-3-9-16/h5-8,13H,2-4,9-10,16H2,1H3,(H,18,22)(H,20,21)/t13-/m0/s1. The molecule has 0 radical (unpaired) electrons. The van der Waals surface area contributed by atoms with Crippen LogP contribution in [0.3, 0.4) is 0 Å². The Hall–Kier alpha value is -2.48. The number of aliphatic carboxylic acids is 1.